The van der Waals surface area contributed by atoms with Crippen LogP contribution in [0.3, 0.4) is 0 Å². The summed E-state index contributed by atoms with van der Waals surface area (Å²) in [6, 6.07) is 1.96. The van der Waals surface area contributed by atoms with Crippen molar-refractivity contribution in [2.75, 3.05) is 11.9 Å². The first-order valence-electron chi connectivity index (χ1n) is 5.96. The molecule has 1 N–H and O–H groups in total. The van der Waals surface area contributed by atoms with Crippen molar-refractivity contribution >= 4 is 17.5 Å². The van der Waals surface area contributed by atoms with Crippen LogP contribution in [0.25, 0.3) is 0 Å². The van der Waals surface area contributed by atoms with Crippen LogP contribution in [0.15, 0.2) is 6.07 Å². The maximum Gasteiger partial charge on any atom is 0.223 e. The Balaban J connectivity index is 2.50. The number of anilines is 1. The predicted octanol–water partition coefficient (Wildman–Crippen LogP) is 3.55. The SMILES string of the molecule is Cc1cc(C)nc(NCC(Cl)CC(C)(C)C)n1. The van der Waals surface area contributed by atoms with E-state index >= 15 is 0 Å². The molecule has 4 heteroatoms. The van der Waals surface area contributed by atoms with Crippen LogP contribution in [0.2, 0.25) is 0 Å². The first kappa shape index (κ1) is 14.2. The molecule has 3 nitrogen and oxygen atoms in total. The molecule has 0 bridgehead atoms. The Morgan fingerprint density at radius 1 is 1.24 bits per heavy atom. The molecule has 17 heavy (non-hydrogen) atoms. The highest BCUT2D eigenvalue weighted by Crippen LogP contribution is 2.23. The monoisotopic (exact) mass is 255 g/mol. The number of hydrogen-bond donors (Lipinski definition) is 1. The second-order valence-electron chi connectivity index (χ2n) is 5.72. The van der Waals surface area contributed by atoms with Crippen LogP contribution in [0.5, 0.6) is 0 Å². The fourth-order valence-electron chi connectivity index (χ4n) is 1.74. The molecule has 0 aliphatic carbocycles. The van der Waals surface area contributed by atoms with Crippen LogP contribution < -0.4 is 5.32 Å². The lowest BCUT2D eigenvalue weighted by Crippen LogP contribution is -2.21. The van der Waals surface area contributed by atoms with Crippen molar-refractivity contribution in [2.45, 2.75) is 46.4 Å². The van der Waals surface area contributed by atoms with Gasteiger partial charge in [-0.15, -0.1) is 11.6 Å². The van der Waals surface area contributed by atoms with Gasteiger partial charge in [-0.1, -0.05) is 20.8 Å². The number of nitrogens with zero attached hydrogens (tertiary/aromatic N) is 2. The summed E-state index contributed by atoms with van der Waals surface area (Å²) in [5.41, 5.74) is 2.20. The van der Waals surface area contributed by atoms with Gasteiger partial charge in [-0.25, -0.2) is 9.97 Å². The lowest BCUT2D eigenvalue weighted by atomic mass is 9.90. The van der Waals surface area contributed by atoms with Gasteiger partial charge in [-0.2, -0.15) is 0 Å². The van der Waals surface area contributed by atoms with Crippen LogP contribution in [-0.2, 0) is 0 Å². The molecule has 1 atom stereocenters. The van der Waals surface area contributed by atoms with Gasteiger partial charge in [0.15, 0.2) is 0 Å². The number of alkyl halides is 1. The Morgan fingerprint density at radius 2 is 1.76 bits per heavy atom. The van der Waals surface area contributed by atoms with Gasteiger partial charge in [0, 0.05) is 17.9 Å². The van der Waals surface area contributed by atoms with Crippen LogP contribution >= 0.6 is 11.6 Å². The summed E-state index contributed by atoms with van der Waals surface area (Å²) in [7, 11) is 0. The average Bonchev–Trinajstić information content (AvgIpc) is 2.10. The lowest BCUT2D eigenvalue weighted by molar-refractivity contribution is 0.373. The van der Waals surface area contributed by atoms with Gasteiger partial charge in [-0.3, -0.25) is 0 Å². The van der Waals surface area contributed by atoms with E-state index in [9.17, 15) is 0 Å². The van der Waals surface area contributed by atoms with E-state index in [0.29, 0.717) is 12.5 Å². The Labute approximate surface area is 109 Å². The van der Waals surface area contributed by atoms with E-state index < -0.39 is 0 Å². The number of aromatic nitrogens is 2. The van der Waals surface area contributed by atoms with Crippen molar-refractivity contribution in [1.82, 2.24) is 9.97 Å². The van der Waals surface area contributed by atoms with Crippen molar-refractivity contribution in [1.29, 1.82) is 0 Å². The van der Waals surface area contributed by atoms with Crippen LogP contribution in [0.4, 0.5) is 5.95 Å². The average molecular weight is 256 g/mol. The zero-order valence-corrected chi connectivity index (χ0v) is 12.1. The molecule has 96 valence electrons. The standard InChI is InChI=1S/C13H22ClN3/c1-9-6-10(2)17-12(16-9)15-8-11(14)7-13(3,4)5/h6,11H,7-8H2,1-5H3,(H,15,16,17). The van der Waals surface area contributed by atoms with Gasteiger partial charge in [-0.05, 0) is 31.7 Å². The number of nitrogens with one attached hydrogen (secondary N) is 1. The van der Waals surface area contributed by atoms with E-state index in [1.807, 2.05) is 19.9 Å². The summed E-state index contributed by atoms with van der Waals surface area (Å²) in [4.78, 5) is 8.64. The minimum absolute atomic E-state index is 0.0967. The van der Waals surface area contributed by atoms with Crippen molar-refractivity contribution in [2.24, 2.45) is 5.41 Å². The Morgan fingerprint density at radius 3 is 2.24 bits per heavy atom. The molecule has 0 saturated heterocycles. The minimum Gasteiger partial charge on any atom is -0.353 e. The second-order valence-corrected chi connectivity index (χ2v) is 6.33. The van der Waals surface area contributed by atoms with Gasteiger partial charge in [0.1, 0.15) is 0 Å². The molecule has 1 rings (SSSR count). The first-order valence-corrected chi connectivity index (χ1v) is 6.40. The van der Waals surface area contributed by atoms with E-state index in [4.69, 9.17) is 11.6 Å². The van der Waals surface area contributed by atoms with Gasteiger partial charge in [0.2, 0.25) is 5.95 Å². The van der Waals surface area contributed by atoms with Gasteiger partial charge >= 0.3 is 0 Å². The second kappa shape index (κ2) is 5.67. The van der Waals surface area contributed by atoms with E-state index in [-0.39, 0.29) is 10.8 Å². The van der Waals surface area contributed by atoms with Crippen LogP contribution in [0, 0.1) is 19.3 Å². The van der Waals surface area contributed by atoms with Crippen LogP contribution in [0.1, 0.15) is 38.6 Å². The Hall–Kier alpha value is -0.830. The summed E-state index contributed by atoms with van der Waals surface area (Å²) in [6.45, 7) is 11.2. The summed E-state index contributed by atoms with van der Waals surface area (Å²) in [5.74, 6) is 0.669. The molecule has 0 amide bonds. The maximum absolute atomic E-state index is 6.28. The molecule has 0 fully saturated rings. The lowest BCUT2D eigenvalue weighted by Gasteiger charge is -2.22. The number of halogens is 1. The van der Waals surface area contributed by atoms with Crippen molar-refractivity contribution in [3.05, 3.63) is 17.5 Å². The highest BCUT2D eigenvalue weighted by Gasteiger charge is 2.16. The first-order chi connectivity index (χ1) is 7.76. The fraction of sp³-hybridized carbons (Fsp3) is 0.692. The van der Waals surface area contributed by atoms with Crippen LogP contribution in [-0.4, -0.2) is 21.9 Å². The normalized spacial score (nSPS) is 13.5. The molecule has 1 heterocycles. The summed E-state index contributed by atoms with van der Waals surface area (Å²) >= 11 is 6.28. The molecule has 0 spiro atoms. The topological polar surface area (TPSA) is 37.8 Å². The van der Waals surface area contributed by atoms with E-state index in [2.05, 4.69) is 36.1 Å². The highest BCUT2D eigenvalue weighted by atomic mass is 35.5. The maximum atomic E-state index is 6.28. The van der Waals surface area contributed by atoms with Crippen molar-refractivity contribution in [3.63, 3.8) is 0 Å². The Bertz CT molecular complexity index is 351. The third-order valence-corrected chi connectivity index (χ3v) is 2.61. The zero-order valence-electron chi connectivity index (χ0n) is 11.3. The summed E-state index contributed by atoms with van der Waals surface area (Å²) in [5, 5.41) is 3.29. The largest absolute Gasteiger partial charge is 0.353 e. The highest BCUT2D eigenvalue weighted by molar-refractivity contribution is 6.20. The van der Waals surface area contributed by atoms with Gasteiger partial charge < -0.3 is 5.32 Å². The van der Waals surface area contributed by atoms with Crippen molar-refractivity contribution in [3.8, 4) is 0 Å². The molecule has 0 aliphatic rings. The third-order valence-electron chi connectivity index (χ3n) is 2.30. The molecule has 0 radical (unpaired) electrons. The molecule has 0 saturated carbocycles. The van der Waals surface area contributed by atoms with E-state index in [0.717, 1.165) is 17.8 Å². The molecule has 1 unspecified atom stereocenters. The zero-order chi connectivity index (χ0) is 13.1. The molecular weight excluding hydrogens is 234 g/mol. The molecule has 1 aromatic rings. The molecule has 0 aliphatic heterocycles. The number of rotatable bonds is 4. The van der Waals surface area contributed by atoms with E-state index in [1.54, 1.807) is 0 Å². The summed E-state index contributed by atoms with van der Waals surface area (Å²) < 4.78 is 0. The molecule has 1 aromatic heterocycles. The fourth-order valence-corrected chi connectivity index (χ4v) is 2.28. The number of hydrogen-bond acceptors (Lipinski definition) is 3. The van der Waals surface area contributed by atoms with Crippen molar-refractivity contribution < 1.29 is 0 Å². The number of aryl methyl sites for hydroxylation is 2. The predicted molar refractivity (Wildman–Crippen MR) is 73.7 cm³/mol. The summed E-state index contributed by atoms with van der Waals surface area (Å²) in [6.07, 6.45) is 0.965. The van der Waals surface area contributed by atoms with Gasteiger partial charge in [0.25, 0.3) is 0 Å². The minimum atomic E-state index is 0.0967. The van der Waals surface area contributed by atoms with E-state index in [1.165, 1.54) is 0 Å². The quantitative estimate of drug-likeness (QED) is 0.837. The molecule has 0 aromatic carbocycles. The third kappa shape index (κ3) is 5.87. The smallest absolute Gasteiger partial charge is 0.223 e. The van der Waals surface area contributed by atoms with Gasteiger partial charge in [0.05, 0.1) is 5.38 Å². The Kier molecular flexibility index (Phi) is 4.75. The molecular formula is C13H22ClN3.